The van der Waals surface area contributed by atoms with Crippen LogP contribution in [0.1, 0.15) is 232 Å². The molecule has 0 spiro atoms. The van der Waals surface area contributed by atoms with E-state index in [0.717, 1.165) is 25.7 Å². The third-order valence-corrected chi connectivity index (χ3v) is 9.93. The van der Waals surface area contributed by atoms with E-state index in [4.69, 9.17) is 0 Å². The molecule has 0 fully saturated rings. The third-order valence-electron chi connectivity index (χ3n) is 9.93. The average Bonchev–Trinajstić information content (AvgIpc) is 3.09. The number of aliphatic hydroxyl groups is 2. The summed E-state index contributed by atoms with van der Waals surface area (Å²) in [5, 5.41) is 23.0. The Morgan fingerprint density at radius 3 is 1.15 bits per heavy atom. The van der Waals surface area contributed by atoms with E-state index in [1.165, 1.54) is 186 Å². The predicted molar refractivity (Wildman–Crippen MR) is 212 cm³/mol. The Kier molecular flexibility index (Phi) is 39.4. The average molecular weight is 676 g/mol. The highest BCUT2D eigenvalue weighted by molar-refractivity contribution is 5.76. The number of hydrogen-bond donors (Lipinski definition) is 3. The molecule has 0 heterocycles. The van der Waals surface area contributed by atoms with Crippen molar-refractivity contribution < 1.29 is 15.0 Å². The van der Waals surface area contributed by atoms with Crippen molar-refractivity contribution in [2.24, 2.45) is 0 Å². The molecule has 0 aliphatic heterocycles. The van der Waals surface area contributed by atoms with Gasteiger partial charge in [-0.05, 0) is 44.9 Å². The minimum atomic E-state index is -0.837. The molecular formula is C44H85NO3. The monoisotopic (exact) mass is 676 g/mol. The van der Waals surface area contributed by atoms with Crippen molar-refractivity contribution in [2.75, 3.05) is 6.61 Å². The summed E-state index contributed by atoms with van der Waals surface area (Å²) in [6, 6.07) is -0.621. The zero-order valence-corrected chi connectivity index (χ0v) is 32.5. The van der Waals surface area contributed by atoms with Gasteiger partial charge in [0.1, 0.15) is 0 Å². The van der Waals surface area contributed by atoms with E-state index in [1.807, 2.05) is 6.08 Å². The summed E-state index contributed by atoms with van der Waals surface area (Å²) in [6.07, 6.45) is 51.4. The minimum Gasteiger partial charge on any atom is -0.394 e. The fraction of sp³-hybridized carbons (Fsp3) is 0.886. The van der Waals surface area contributed by atoms with Gasteiger partial charge in [0.15, 0.2) is 0 Å². The predicted octanol–water partition coefficient (Wildman–Crippen LogP) is 13.2. The second-order valence-electron chi connectivity index (χ2n) is 14.8. The van der Waals surface area contributed by atoms with Crippen molar-refractivity contribution in [1.29, 1.82) is 0 Å². The maximum atomic E-state index is 12.4. The maximum Gasteiger partial charge on any atom is 0.220 e. The molecule has 0 aromatic carbocycles. The Labute approximate surface area is 300 Å². The fourth-order valence-electron chi connectivity index (χ4n) is 6.58. The Morgan fingerprint density at radius 2 is 0.792 bits per heavy atom. The molecule has 4 heteroatoms. The molecule has 0 saturated carbocycles. The second-order valence-corrected chi connectivity index (χ2v) is 14.8. The summed E-state index contributed by atoms with van der Waals surface area (Å²) >= 11 is 0. The first-order valence-corrected chi connectivity index (χ1v) is 21.6. The first kappa shape index (κ1) is 46.9. The standard InChI is InChI=1S/C44H85NO3/c1-3-5-7-9-11-13-15-17-18-19-20-21-22-23-24-25-26-28-30-32-34-36-38-40-44(48)45-42(41-46)43(47)39-37-35-33-31-29-27-16-14-12-10-8-6-4-2/h23-24,37,39,42-43,46-47H,3-22,25-36,38,40-41H2,1-2H3,(H,45,48)/b24-23-,39-37+. The molecule has 0 aliphatic rings. The number of carbonyl (C=O) groups excluding carboxylic acids is 1. The van der Waals surface area contributed by atoms with Gasteiger partial charge in [0.25, 0.3) is 0 Å². The van der Waals surface area contributed by atoms with Crippen LogP contribution >= 0.6 is 0 Å². The number of amides is 1. The van der Waals surface area contributed by atoms with E-state index in [1.54, 1.807) is 6.08 Å². The molecule has 1 amide bonds. The SMILES string of the molecule is CCCCCCCCCCCCC/C=C/C(O)C(CO)NC(=O)CCCCCCCCC/C=C\CCCCCCCCCCCCCC. The molecule has 4 nitrogen and oxygen atoms in total. The summed E-state index contributed by atoms with van der Waals surface area (Å²) in [4.78, 5) is 12.4. The Morgan fingerprint density at radius 1 is 0.479 bits per heavy atom. The number of rotatable bonds is 39. The molecule has 0 rings (SSSR count). The van der Waals surface area contributed by atoms with Crippen molar-refractivity contribution in [3.05, 3.63) is 24.3 Å². The molecular weight excluding hydrogens is 590 g/mol. The quantitative estimate of drug-likeness (QED) is 0.0448. The minimum absolute atomic E-state index is 0.0675. The smallest absolute Gasteiger partial charge is 0.220 e. The molecule has 2 unspecified atom stereocenters. The van der Waals surface area contributed by atoms with E-state index >= 15 is 0 Å². The number of hydrogen-bond acceptors (Lipinski definition) is 3. The van der Waals surface area contributed by atoms with Crippen molar-refractivity contribution in [1.82, 2.24) is 5.32 Å². The first-order chi connectivity index (χ1) is 23.7. The van der Waals surface area contributed by atoms with Crippen molar-refractivity contribution in [2.45, 2.75) is 244 Å². The van der Waals surface area contributed by atoms with E-state index < -0.39 is 12.1 Å². The highest BCUT2D eigenvalue weighted by Crippen LogP contribution is 2.15. The van der Waals surface area contributed by atoms with Crippen molar-refractivity contribution in [3.8, 4) is 0 Å². The van der Waals surface area contributed by atoms with Crippen LogP contribution in [0.3, 0.4) is 0 Å². The number of nitrogens with one attached hydrogen (secondary N) is 1. The van der Waals surface area contributed by atoms with E-state index in [-0.39, 0.29) is 12.5 Å². The van der Waals surface area contributed by atoms with Crippen LogP contribution in [0.2, 0.25) is 0 Å². The van der Waals surface area contributed by atoms with Crippen LogP contribution in [0.25, 0.3) is 0 Å². The Balaban J connectivity index is 3.54. The summed E-state index contributed by atoms with van der Waals surface area (Å²) in [6.45, 7) is 4.31. The van der Waals surface area contributed by atoms with Gasteiger partial charge in [-0.15, -0.1) is 0 Å². The molecule has 0 aliphatic carbocycles. The Bertz CT molecular complexity index is 691. The maximum absolute atomic E-state index is 12.4. The lowest BCUT2D eigenvalue weighted by molar-refractivity contribution is -0.123. The van der Waals surface area contributed by atoms with Gasteiger partial charge in [0.05, 0.1) is 18.8 Å². The van der Waals surface area contributed by atoms with Crippen LogP contribution < -0.4 is 5.32 Å². The third kappa shape index (κ3) is 36.2. The molecule has 0 saturated heterocycles. The van der Waals surface area contributed by atoms with Crippen LogP contribution in [-0.4, -0.2) is 34.9 Å². The highest BCUT2D eigenvalue weighted by atomic mass is 16.3. The molecule has 48 heavy (non-hydrogen) atoms. The summed E-state index contributed by atoms with van der Waals surface area (Å²) in [5.41, 5.74) is 0. The second kappa shape index (κ2) is 40.3. The van der Waals surface area contributed by atoms with Gasteiger partial charge in [0, 0.05) is 6.42 Å². The molecule has 3 N–H and O–H groups in total. The molecule has 284 valence electrons. The van der Waals surface area contributed by atoms with Crippen LogP contribution in [-0.2, 0) is 4.79 Å². The lowest BCUT2D eigenvalue weighted by Crippen LogP contribution is -2.45. The van der Waals surface area contributed by atoms with Crippen molar-refractivity contribution >= 4 is 5.91 Å². The van der Waals surface area contributed by atoms with Gasteiger partial charge in [-0.2, -0.15) is 0 Å². The van der Waals surface area contributed by atoms with Crippen LogP contribution in [0, 0.1) is 0 Å². The first-order valence-electron chi connectivity index (χ1n) is 21.6. The van der Waals surface area contributed by atoms with Gasteiger partial charge in [-0.1, -0.05) is 205 Å². The van der Waals surface area contributed by atoms with E-state index in [9.17, 15) is 15.0 Å². The zero-order chi connectivity index (χ0) is 35.0. The van der Waals surface area contributed by atoms with Crippen LogP contribution in [0.15, 0.2) is 24.3 Å². The lowest BCUT2D eigenvalue weighted by atomic mass is 10.0. The molecule has 0 bridgehead atoms. The van der Waals surface area contributed by atoms with Gasteiger partial charge in [0.2, 0.25) is 5.91 Å². The molecule has 2 atom stereocenters. The summed E-state index contributed by atoms with van der Waals surface area (Å²) in [5.74, 6) is -0.0675. The largest absolute Gasteiger partial charge is 0.394 e. The fourth-order valence-corrected chi connectivity index (χ4v) is 6.58. The molecule has 0 radical (unpaired) electrons. The molecule has 0 aromatic heterocycles. The number of allylic oxidation sites excluding steroid dienone is 3. The number of aliphatic hydroxyl groups excluding tert-OH is 2. The summed E-state index contributed by atoms with van der Waals surface area (Å²) < 4.78 is 0. The van der Waals surface area contributed by atoms with Crippen LogP contribution in [0.5, 0.6) is 0 Å². The molecule has 0 aromatic rings. The van der Waals surface area contributed by atoms with Gasteiger partial charge in [-0.25, -0.2) is 0 Å². The van der Waals surface area contributed by atoms with E-state index in [0.29, 0.717) is 6.42 Å². The topological polar surface area (TPSA) is 69.6 Å². The number of carbonyl (C=O) groups is 1. The number of unbranched alkanes of at least 4 members (excludes halogenated alkanes) is 30. The van der Waals surface area contributed by atoms with Gasteiger partial charge >= 0.3 is 0 Å². The lowest BCUT2D eigenvalue weighted by Gasteiger charge is -2.20. The van der Waals surface area contributed by atoms with Crippen LogP contribution in [0.4, 0.5) is 0 Å². The van der Waals surface area contributed by atoms with Gasteiger partial charge < -0.3 is 15.5 Å². The normalized spacial score (nSPS) is 13.2. The summed E-state index contributed by atoms with van der Waals surface area (Å²) in [7, 11) is 0. The van der Waals surface area contributed by atoms with Gasteiger partial charge in [-0.3, -0.25) is 4.79 Å². The zero-order valence-electron chi connectivity index (χ0n) is 32.5. The Hall–Kier alpha value is -1.13. The van der Waals surface area contributed by atoms with E-state index in [2.05, 4.69) is 31.3 Å². The van der Waals surface area contributed by atoms with Crippen molar-refractivity contribution in [3.63, 3.8) is 0 Å². The highest BCUT2D eigenvalue weighted by Gasteiger charge is 2.17.